The van der Waals surface area contributed by atoms with Crippen molar-refractivity contribution in [3.63, 3.8) is 0 Å². The van der Waals surface area contributed by atoms with Crippen LogP contribution in [0.15, 0.2) is 17.1 Å². The molecule has 0 aromatic carbocycles. The van der Waals surface area contributed by atoms with Crippen molar-refractivity contribution in [3.05, 3.63) is 34.1 Å². The van der Waals surface area contributed by atoms with Crippen LogP contribution in [0.1, 0.15) is 32.0 Å². The third-order valence-corrected chi connectivity index (χ3v) is 6.08. The van der Waals surface area contributed by atoms with Crippen LogP contribution < -0.4 is 27.1 Å². The topological polar surface area (TPSA) is 97.7 Å². The zero-order chi connectivity index (χ0) is 20.5. The Morgan fingerprint density at radius 2 is 2.14 bits per heavy atom. The molecule has 1 fully saturated rings. The van der Waals surface area contributed by atoms with Crippen LogP contribution in [0, 0.1) is 5.92 Å². The molecular formula is C21H29N7O. The molecule has 4 heterocycles. The number of aromatic nitrogens is 3. The fraction of sp³-hybridized carbons (Fsp3) is 0.524. The predicted octanol–water partition coefficient (Wildman–Crippen LogP) is -0.0219. The molecule has 5 rings (SSSR count). The second-order valence-electron chi connectivity index (χ2n) is 9.06. The number of nitrogens with one attached hydrogen (secondary N) is 2. The number of hydrogen-bond donors (Lipinski definition) is 3. The van der Waals surface area contributed by atoms with Gasteiger partial charge in [-0.15, -0.1) is 0 Å². The number of rotatable bonds is 3. The first-order chi connectivity index (χ1) is 13.8. The molecule has 0 saturated carbocycles. The molecule has 0 radical (unpaired) electrons. The van der Waals surface area contributed by atoms with Gasteiger partial charge in [0.15, 0.2) is 5.49 Å². The summed E-state index contributed by atoms with van der Waals surface area (Å²) in [4.78, 5) is 4.67. The molecule has 0 bridgehead atoms. The highest BCUT2D eigenvalue weighted by molar-refractivity contribution is 5.68. The van der Waals surface area contributed by atoms with Gasteiger partial charge in [0.2, 0.25) is 0 Å². The van der Waals surface area contributed by atoms with Crippen molar-refractivity contribution in [2.45, 2.75) is 45.1 Å². The van der Waals surface area contributed by atoms with Gasteiger partial charge in [-0.2, -0.15) is 5.10 Å². The van der Waals surface area contributed by atoms with Gasteiger partial charge in [-0.1, -0.05) is 12.2 Å². The maximum absolute atomic E-state index is 6.36. The van der Waals surface area contributed by atoms with E-state index in [2.05, 4.69) is 66.2 Å². The minimum Gasteiger partial charge on any atom is -0.385 e. The first kappa shape index (κ1) is 18.4. The summed E-state index contributed by atoms with van der Waals surface area (Å²) in [6.45, 7) is 6.88. The summed E-state index contributed by atoms with van der Waals surface area (Å²) in [6.07, 6.45) is 5.86. The molecule has 3 atom stereocenters. The van der Waals surface area contributed by atoms with Crippen molar-refractivity contribution >= 4 is 11.9 Å². The minimum absolute atomic E-state index is 0.169. The third-order valence-electron chi connectivity index (χ3n) is 6.08. The highest BCUT2D eigenvalue weighted by Crippen LogP contribution is 2.36. The molecule has 8 nitrogen and oxygen atoms in total. The second-order valence-corrected chi connectivity index (χ2v) is 9.06. The van der Waals surface area contributed by atoms with Gasteiger partial charge in [0.05, 0.1) is 16.5 Å². The lowest BCUT2D eigenvalue weighted by Gasteiger charge is -2.19. The fourth-order valence-corrected chi connectivity index (χ4v) is 4.46. The Bertz CT molecular complexity index is 1130. The standard InChI is InChI=1S/C21H29N7O/c1-21(2,3)28-19-15(18(22)24-10-25-19)16(26-28)14-8-11-6-7-12(9-13(11)27(14)5)17-20(23-4)29-17/h6-8,12,17,20,23-24H,9-10,22H2,1-5H3. The molecule has 3 aliphatic rings. The van der Waals surface area contributed by atoms with Crippen molar-refractivity contribution in [1.82, 2.24) is 25.0 Å². The van der Waals surface area contributed by atoms with Crippen LogP contribution in [-0.2, 0) is 23.7 Å². The average Bonchev–Trinajstić information content (AvgIpc) is 3.25. The number of fused-ring (bicyclic) bond motifs is 2. The van der Waals surface area contributed by atoms with Crippen molar-refractivity contribution in [3.8, 4) is 11.4 Å². The smallest absolute Gasteiger partial charge is 0.159 e. The molecule has 29 heavy (non-hydrogen) atoms. The molecule has 154 valence electrons. The van der Waals surface area contributed by atoms with Gasteiger partial charge in [0.25, 0.3) is 0 Å². The van der Waals surface area contributed by atoms with E-state index >= 15 is 0 Å². The lowest BCUT2D eigenvalue weighted by Crippen LogP contribution is -2.46. The Morgan fingerprint density at radius 1 is 1.34 bits per heavy atom. The van der Waals surface area contributed by atoms with E-state index in [4.69, 9.17) is 15.6 Å². The number of epoxide rings is 1. The Morgan fingerprint density at radius 3 is 2.83 bits per heavy atom. The number of nitrogens with two attached hydrogens (primary N) is 1. The van der Waals surface area contributed by atoms with Crippen LogP contribution in [0.25, 0.3) is 23.3 Å². The maximum atomic E-state index is 6.36. The zero-order valence-electron chi connectivity index (χ0n) is 17.7. The van der Waals surface area contributed by atoms with Crippen LogP contribution in [0.2, 0.25) is 0 Å². The van der Waals surface area contributed by atoms with E-state index in [1.54, 1.807) is 0 Å². The molecule has 3 unspecified atom stereocenters. The normalized spacial score (nSPS) is 25.3. The summed E-state index contributed by atoms with van der Waals surface area (Å²) >= 11 is 0. The van der Waals surface area contributed by atoms with Crippen LogP contribution in [0.5, 0.6) is 0 Å². The summed E-state index contributed by atoms with van der Waals surface area (Å²) in [7, 11) is 4.05. The Kier molecular flexibility index (Phi) is 3.95. The van der Waals surface area contributed by atoms with Gasteiger partial charge in [-0.25, -0.2) is 9.67 Å². The quantitative estimate of drug-likeness (QED) is 0.635. The summed E-state index contributed by atoms with van der Waals surface area (Å²) < 4.78 is 10.00. The summed E-state index contributed by atoms with van der Waals surface area (Å²) in [6, 6.07) is 2.21. The summed E-state index contributed by atoms with van der Waals surface area (Å²) in [5, 5.41) is 12.2. The third kappa shape index (κ3) is 2.81. The van der Waals surface area contributed by atoms with E-state index in [1.807, 2.05) is 11.7 Å². The highest BCUT2D eigenvalue weighted by atomic mass is 16.6. The molecule has 2 aromatic heterocycles. The van der Waals surface area contributed by atoms with Crippen molar-refractivity contribution in [2.24, 2.45) is 23.7 Å². The Balaban J connectivity index is 1.62. The summed E-state index contributed by atoms with van der Waals surface area (Å²) in [5.41, 5.74) is 11.5. The summed E-state index contributed by atoms with van der Waals surface area (Å²) in [5.74, 6) is 1.02. The van der Waals surface area contributed by atoms with E-state index < -0.39 is 0 Å². The first-order valence-corrected chi connectivity index (χ1v) is 10.2. The fourth-order valence-electron chi connectivity index (χ4n) is 4.46. The van der Waals surface area contributed by atoms with Crippen LogP contribution in [-0.4, -0.2) is 40.4 Å². The predicted molar refractivity (Wildman–Crippen MR) is 112 cm³/mol. The van der Waals surface area contributed by atoms with E-state index in [1.165, 1.54) is 11.3 Å². The number of ether oxygens (including phenoxy) is 1. The van der Waals surface area contributed by atoms with Gasteiger partial charge < -0.3 is 20.4 Å². The maximum Gasteiger partial charge on any atom is 0.159 e. The number of likely N-dealkylation sites (N-methyl/N-ethyl adjacent to an activating group) is 1. The molecule has 8 heteroatoms. The van der Waals surface area contributed by atoms with E-state index in [0.29, 0.717) is 18.4 Å². The van der Waals surface area contributed by atoms with Crippen molar-refractivity contribution in [2.75, 3.05) is 13.7 Å². The van der Waals surface area contributed by atoms with Crippen molar-refractivity contribution in [1.29, 1.82) is 0 Å². The van der Waals surface area contributed by atoms with Gasteiger partial charge >= 0.3 is 0 Å². The minimum atomic E-state index is -0.190. The van der Waals surface area contributed by atoms with E-state index in [-0.39, 0.29) is 17.9 Å². The van der Waals surface area contributed by atoms with Crippen LogP contribution in [0.3, 0.4) is 0 Å². The lowest BCUT2D eigenvalue weighted by molar-refractivity contribution is 0.326. The monoisotopic (exact) mass is 395 g/mol. The number of nitrogens with zero attached hydrogens (tertiary/aromatic N) is 4. The molecule has 1 saturated heterocycles. The zero-order valence-corrected chi connectivity index (χ0v) is 17.7. The van der Waals surface area contributed by atoms with Gasteiger partial charge in [0, 0.05) is 18.7 Å². The van der Waals surface area contributed by atoms with Gasteiger partial charge in [-0.05, 0) is 45.9 Å². The average molecular weight is 396 g/mol. The second kappa shape index (κ2) is 6.21. The molecule has 0 amide bonds. The van der Waals surface area contributed by atoms with Gasteiger partial charge in [0.1, 0.15) is 30.5 Å². The molecule has 2 aromatic rings. The first-order valence-electron chi connectivity index (χ1n) is 10.2. The highest BCUT2D eigenvalue weighted by Gasteiger charge is 2.44. The Labute approximate surface area is 170 Å². The van der Waals surface area contributed by atoms with Crippen LogP contribution >= 0.6 is 0 Å². The molecule has 2 aliphatic heterocycles. The SMILES string of the molecule is CNC1OC1C1C=Cc2cc(-c3nn(C(C)(C)C)c4c3=C(N)NCN=4)n(C)c2C1. The van der Waals surface area contributed by atoms with E-state index in [9.17, 15) is 0 Å². The molecule has 0 spiro atoms. The molecule has 1 aliphatic carbocycles. The van der Waals surface area contributed by atoms with E-state index in [0.717, 1.165) is 28.5 Å². The van der Waals surface area contributed by atoms with Crippen molar-refractivity contribution < 1.29 is 4.74 Å². The Hall–Kier alpha value is -2.58. The largest absolute Gasteiger partial charge is 0.385 e. The molecular weight excluding hydrogens is 366 g/mol. The lowest BCUT2D eigenvalue weighted by atomic mass is 9.91. The van der Waals surface area contributed by atoms with Crippen LogP contribution in [0.4, 0.5) is 0 Å². The molecule has 4 N–H and O–H groups in total. The van der Waals surface area contributed by atoms with Gasteiger partial charge in [-0.3, -0.25) is 5.32 Å². The number of hydrogen-bond acceptors (Lipinski definition) is 6.